The molecule has 4 nitrogen and oxygen atoms in total. The molecule has 4 rings (SSSR count). The third-order valence-electron chi connectivity index (χ3n) is 7.01. The van der Waals surface area contributed by atoms with Crippen molar-refractivity contribution in [3.63, 3.8) is 0 Å². The fourth-order valence-corrected chi connectivity index (χ4v) is 6.66. The molecule has 2 saturated heterocycles. The Morgan fingerprint density at radius 2 is 1.41 bits per heavy atom. The molecule has 4 N–H and O–H groups in total. The van der Waals surface area contributed by atoms with Gasteiger partial charge in [0.2, 0.25) is 0 Å². The first-order valence-electron chi connectivity index (χ1n) is 12.0. The van der Waals surface area contributed by atoms with Gasteiger partial charge in [0.05, 0.1) is 0 Å². The monoisotopic (exact) mass is 470 g/mol. The molecule has 2 aliphatic rings. The molecule has 0 amide bonds. The highest BCUT2D eigenvalue weighted by molar-refractivity contribution is 7.18. The largest absolute Gasteiger partial charge is 0.314 e. The van der Waals surface area contributed by atoms with Gasteiger partial charge in [0, 0.05) is 56.5 Å². The molecule has 4 unspecified atom stereocenters. The van der Waals surface area contributed by atoms with Crippen LogP contribution in [0.15, 0.2) is 42.5 Å². The van der Waals surface area contributed by atoms with Crippen molar-refractivity contribution in [1.29, 1.82) is 0 Å². The van der Waals surface area contributed by atoms with Gasteiger partial charge < -0.3 is 21.3 Å². The van der Waals surface area contributed by atoms with E-state index in [1.54, 1.807) is 0 Å². The lowest BCUT2D eigenvalue weighted by atomic mass is 9.70. The van der Waals surface area contributed by atoms with Gasteiger partial charge in [-0.25, -0.2) is 0 Å². The van der Waals surface area contributed by atoms with Crippen LogP contribution in [0.3, 0.4) is 0 Å². The minimum absolute atomic E-state index is 0.00235. The quantitative estimate of drug-likeness (QED) is 0.507. The first-order chi connectivity index (χ1) is 15.4. The molecule has 2 aliphatic heterocycles. The minimum Gasteiger partial charge on any atom is -0.314 e. The maximum absolute atomic E-state index is 3.89. The molecule has 32 heavy (non-hydrogen) atoms. The highest BCUT2D eigenvalue weighted by Crippen LogP contribution is 2.49. The highest BCUT2D eigenvalue weighted by Gasteiger charge is 2.47. The lowest BCUT2D eigenvalue weighted by Gasteiger charge is -2.50. The van der Waals surface area contributed by atoms with Crippen LogP contribution in [-0.2, 0) is 16.7 Å². The van der Waals surface area contributed by atoms with E-state index in [4.69, 9.17) is 0 Å². The Labute approximate surface area is 198 Å². The second-order valence-corrected chi connectivity index (χ2v) is 11.6. The zero-order valence-electron chi connectivity index (χ0n) is 19.8. The predicted molar refractivity (Wildman–Crippen MR) is 145 cm³/mol. The van der Waals surface area contributed by atoms with Crippen LogP contribution in [0.4, 0.5) is 0 Å². The van der Waals surface area contributed by atoms with Crippen LogP contribution in [0.2, 0.25) is 0 Å². The van der Waals surface area contributed by atoms with Crippen LogP contribution in [-0.4, -0.2) is 51.4 Å². The zero-order chi connectivity index (χ0) is 22.8. The molecule has 0 bridgehead atoms. The smallest absolute Gasteiger partial charge is 0.0432 e. The summed E-state index contributed by atoms with van der Waals surface area (Å²) in [5.74, 6) is 0. The number of hydrogen-bond acceptors (Lipinski definition) is 4. The van der Waals surface area contributed by atoms with Crippen molar-refractivity contribution >= 4 is 18.5 Å². The molecule has 2 fully saturated rings. The Balaban J connectivity index is 2.01. The van der Waals surface area contributed by atoms with E-state index in [1.165, 1.54) is 27.8 Å². The average Bonchev–Trinajstić information content (AvgIpc) is 2.83. The average molecular weight is 471 g/mol. The normalized spacial score (nSPS) is 24.2. The highest BCUT2D eigenvalue weighted by atomic mass is 31.0. The summed E-state index contributed by atoms with van der Waals surface area (Å²) in [6, 6.07) is 16.3. The maximum atomic E-state index is 3.89. The Morgan fingerprint density at radius 3 is 1.88 bits per heavy atom. The van der Waals surface area contributed by atoms with Gasteiger partial charge in [-0.1, -0.05) is 63.2 Å². The summed E-state index contributed by atoms with van der Waals surface area (Å²) in [5, 5.41) is 14.9. The van der Waals surface area contributed by atoms with Crippen molar-refractivity contribution in [2.75, 3.05) is 39.3 Å². The van der Waals surface area contributed by atoms with E-state index in [2.05, 4.69) is 103 Å². The van der Waals surface area contributed by atoms with Crippen molar-refractivity contribution in [2.24, 2.45) is 0 Å². The van der Waals surface area contributed by atoms with Crippen LogP contribution >= 0.6 is 18.5 Å². The van der Waals surface area contributed by atoms with Gasteiger partial charge in [0.1, 0.15) is 0 Å². The summed E-state index contributed by atoms with van der Waals surface area (Å²) in [4.78, 5) is 0. The van der Waals surface area contributed by atoms with Crippen LogP contribution < -0.4 is 21.3 Å². The number of hydrogen-bond donors (Lipinski definition) is 4. The second-order valence-electron chi connectivity index (χ2n) is 10.2. The van der Waals surface area contributed by atoms with E-state index in [-0.39, 0.29) is 10.6 Å². The summed E-state index contributed by atoms with van der Waals surface area (Å²) in [6.07, 6.45) is 0.948. The Bertz CT molecular complexity index is 880. The van der Waals surface area contributed by atoms with Crippen molar-refractivity contribution in [3.05, 3.63) is 59.2 Å². The van der Waals surface area contributed by atoms with E-state index < -0.39 is 0 Å². The van der Waals surface area contributed by atoms with Crippen molar-refractivity contribution in [3.8, 4) is 11.1 Å². The maximum Gasteiger partial charge on any atom is 0.0432 e. The van der Waals surface area contributed by atoms with E-state index in [0.29, 0.717) is 12.1 Å². The lowest BCUT2D eigenvalue weighted by molar-refractivity contribution is 0.253. The van der Waals surface area contributed by atoms with E-state index in [0.717, 1.165) is 45.4 Å². The molecule has 0 radical (unpaired) electrons. The number of nitrogens with one attached hydrogen (secondary N) is 4. The summed E-state index contributed by atoms with van der Waals surface area (Å²) in [7, 11) is 6.36. The summed E-state index contributed by atoms with van der Waals surface area (Å²) < 4.78 is 0. The SMILES string of the molecule is CC(C)(C)c1c(-c2ccccc2)ccc(CP)c1C(P)(C1CNCCN1)C1CNCCN1. The van der Waals surface area contributed by atoms with Gasteiger partial charge in [0.25, 0.3) is 0 Å². The fraction of sp³-hybridized carbons (Fsp3) is 0.538. The molecule has 0 saturated carbocycles. The van der Waals surface area contributed by atoms with E-state index in [9.17, 15) is 0 Å². The predicted octanol–water partition coefficient (Wildman–Crippen LogP) is 3.22. The van der Waals surface area contributed by atoms with Crippen LogP contribution in [0.25, 0.3) is 11.1 Å². The van der Waals surface area contributed by atoms with Crippen LogP contribution in [0, 0.1) is 0 Å². The zero-order valence-corrected chi connectivity index (χ0v) is 22.1. The van der Waals surface area contributed by atoms with Crippen LogP contribution in [0.1, 0.15) is 37.5 Å². The summed E-state index contributed by atoms with van der Waals surface area (Å²) in [5.41, 5.74) is 7.05. The van der Waals surface area contributed by atoms with E-state index in [1.807, 2.05) is 0 Å². The molecule has 174 valence electrons. The molecular formula is C26H40N4P2. The molecule has 6 heteroatoms. The molecule has 0 aliphatic carbocycles. The topological polar surface area (TPSA) is 48.1 Å². The second kappa shape index (κ2) is 10.2. The molecule has 0 spiro atoms. The van der Waals surface area contributed by atoms with Crippen LogP contribution in [0.5, 0.6) is 0 Å². The number of benzene rings is 2. The first kappa shape index (κ1) is 24.3. The Kier molecular flexibility index (Phi) is 7.72. The summed E-state index contributed by atoms with van der Waals surface area (Å²) >= 11 is 0. The number of rotatable bonds is 5. The van der Waals surface area contributed by atoms with Crippen molar-refractivity contribution in [1.82, 2.24) is 21.3 Å². The standard InChI is InChI=1S/C26H40N4P2/c1-25(2,3)24-20(18-7-5-4-6-8-18)10-9-19(17-31)23(24)26(32,21-15-27-11-13-29-21)22-16-28-12-14-30-22/h4-10,21-22,27-30H,11-17,31-32H2,1-3H3. The minimum atomic E-state index is -0.153. The fourth-order valence-electron chi connectivity index (χ4n) is 5.52. The van der Waals surface area contributed by atoms with Crippen molar-refractivity contribution in [2.45, 2.75) is 49.6 Å². The molecule has 2 aromatic rings. The van der Waals surface area contributed by atoms with E-state index >= 15 is 0 Å². The first-order valence-corrected chi connectivity index (χ1v) is 13.4. The van der Waals surface area contributed by atoms with Gasteiger partial charge in [0.15, 0.2) is 0 Å². The van der Waals surface area contributed by atoms with Gasteiger partial charge in [-0.05, 0) is 39.4 Å². The summed E-state index contributed by atoms with van der Waals surface area (Å²) in [6.45, 7) is 13.1. The third kappa shape index (κ3) is 4.69. The van der Waals surface area contributed by atoms with Gasteiger partial charge in [-0.2, -0.15) is 0 Å². The number of piperazine rings is 2. The van der Waals surface area contributed by atoms with Gasteiger partial charge >= 0.3 is 0 Å². The van der Waals surface area contributed by atoms with Gasteiger partial charge in [-0.15, -0.1) is 18.5 Å². The Morgan fingerprint density at radius 1 is 0.812 bits per heavy atom. The molecular weight excluding hydrogens is 430 g/mol. The van der Waals surface area contributed by atoms with Gasteiger partial charge in [-0.3, -0.25) is 0 Å². The molecule has 4 atom stereocenters. The third-order valence-corrected chi connectivity index (χ3v) is 8.55. The molecule has 0 aromatic heterocycles. The lowest BCUT2D eigenvalue weighted by Crippen LogP contribution is -2.67. The Hall–Kier alpha value is -0.860. The molecule has 2 aromatic carbocycles. The molecule has 2 heterocycles. The van der Waals surface area contributed by atoms with Crippen molar-refractivity contribution < 1.29 is 0 Å².